The summed E-state index contributed by atoms with van der Waals surface area (Å²) in [5.74, 6) is 0.270. The van der Waals surface area contributed by atoms with Crippen molar-refractivity contribution in [1.82, 2.24) is 4.90 Å². The predicted molar refractivity (Wildman–Crippen MR) is 104 cm³/mol. The zero-order valence-corrected chi connectivity index (χ0v) is 16.2. The number of benzene rings is 2. The van der Waals surface area contributed by atoms with Crippen LogP contribution in [0.5, 0.6) is 5.75 Å². The topological polar surface area (TPSA) is 58.6 Å². The van der Waals surface area contributed by atoms with Crippen molar-refractivity contribution in [2.24, 2.45) is 0 Å². The smallest absolute Gasteiger partial charge is 0.265 e. The standard InChI is InChI=1S/C20H21BrN2O3/c1-14(26-16-10-8-15(21)9-11-16)19(24)22-18-7-3-2-6-17(18)20(25)23-12-4-5-13-23/h2-3,6-11,14H,4-5,12-13H2,1H3,(H,22,24). The number of likely N-dealkylation sites (tertiary alicyclic amines) is 1. The van der Waals surface area contributed by atoms with E-state index in [1.54, 1.807) is 43.3 Å². The van der Waals surface area contributed by atoms with Gasteiger partial charge in [-0.3, -0.25) is 9.59 Å². The summed E-state index contributed by atoms with van der Waals surface area (Å²) in [5, 5.41) is 2.83. The minimum Gasteiger partial charge on any atom is -0.481 e. The first-order chi connectivity index (χ1) is 12.5. The maximum atomic E-state index is 12.7. The lowest BCUT2D eigenvalue weighted by molar-refractivity contribution is -0.122. The molecule has 136 valence electrons. The van der Waals surface area contributed by atoms with Crippen LogP contribution >= 0.6 is 15.9 Å². The molecule has 0 saturated carbocycles. The van der Waals surface area contributed by atoms with E-state index in [4.69, 9.17) is 4.74 Å². The van der Waals surface area contributed by atoms with Crippen LogP contribution in [-0.4, -0.2) is 35.9 Å². The number of rotatable bonds is 5. The van der Waals surface area contributed by atoms with Crippen LogP contribution in [0, 0.1) is 0 Å². The second-order valence-electron chi connectivity index (χ2n) is 6.25. The Labute approximate surface area is 161 Å². The van der Waals surface area contributed by atoms with Gasteiger partial charge < -0.3 is 15.0 Å². The van der Waals surface area contributed by atoms with Crippen molar-refractivity contribution < 1.29 is 14.3 Å². The molecule has 26 heavy (non-hydrogen) atoms. The van der Waals surface area contributed by atoms with Crippen LogP contribution in [-0.2, 0) is 4.79 Å². The lowest BCUT2D eigenvalue weighted by Crippen LogP contribution is -2.32. The van der Waals surface area contributed by atoms with Gasteiger partial charge in [0.05, 0.1) is 11.3 Å². The van der Waals surface area contributed by atoms with Crippen molar-refractivity contribution in [2.75, 3.05) is 18.4 Å². The minimum atomic E-state index is -0.689. The molecule has 1 unspecified atom stereocenters. The number of anilines is 1. The van der Waals surface area contributed by atoms with Gasteiger partial charge in [-0.15, -0.1) is 0 Å². The van der Waals surface area contributed by atoms with Gasteiger partial charge in [0.2, 0.25) is 0 Å². The van der Waals surface area contributed by atoms with Crippen molar-refractivity contribution in [2.45, 2.75) is 25.9 Å². The summed E-state index contributed by atoms with van der Waals surface area (Å²) in [5.41, 5.74) is 1.03. The lowest BCUT2D eigenvalue weighted by atomic mass is 10.1. The van der Waals surface area contributed by atoms with Gasteiger partial charge in [-0.05, 0) is 56.2 Å². The molecule has 1 aliphatic heterocycles. The molecular formula is C20H21BrN2O3. The largest absolute Gasteiger partial charge is 0.481 e. The first kappa shape index (κ1) is 18.5. The Morgan fingerprint density at radius 3 is 2.42 bits per heavy atom. The van der Waals surface area contributed by atoms with Crippen LogP contribution in [0.3, 0.4) is 0 Å². The molecule has 1 fully saturated rings. The quantitative estimate of drug-likeness (QED) is 0.798. The number of carbonyl (C=O) groups is 2. The SMILES string of the molecule is CC(Oc1ccc(Br)cc1)C(=O)Nc1ccccc1C(=O)N1CCCC1. The molecule has 5 nitrogen and oxygen atoms in total. The summed E-state index contributed by atoms with van der Waals surface area (Å²) in [6.45, 7) is 3.22. The fourth-order valence-corrected chi connectivity index (χ4v) is 3.14. The number of hydrogen-bond donors (Lipinski definition) is 1. The number of hydrogen-bond acceptors (Lipinski definition) is 3. The van der Waals surface area contributed by atoms with E-state index in [2.05, 4.69) is 21.2 Å². The van der Waals surface area contributed by atoms with E-state index in [0.717, 1.165) is 30.4 Å². The Morgan fingerprint density at radius 1 is 1.08 bits per heavy atom. The van der Waals surface area contributed by atoms with Gasteiger partial charge >= 0.3 is 0 Å². The van der Waals surface area contributed by atoms with Gasteiger partial charge in [0.15, 0.2) is 6.10 Å². The number of halogens is 1. The summed E-state index contributed by atoms with van der Waals surface area (Å²) in [6.07, 6.45) is 1.36. The molecule has 6 heteroatoms. The Balaban J connectivity index is 1.68. The van der Waals surface area contributed by atoms with E-state index in [-0.39, 0.29) is 11.8 Å². The Morgan fingerprint density at radius 2 is 1.73 bits per heavy atom. The molecule has 0 radical (unpaired) electrons. The van der Waals surface area contributed by atoms with Crippen LogP contribution in [0.4, 0.5) is 5.69 Å². The van der Waals surface area contributed by atoms with Crippen molar-refractivity contribution in [3.63, 3.8) is 0 Å². The highest BCUT2D eigenvalue weighted by molar-refractivity contribution is 9.10. The van der Waals surface area contributed by atoms with E-state index >= 15 is 0 Å². The average Bonchev–Trinajstić information content (AvgIpc) is 3.18. The summed E-state index contributed by atoms with van der Waals surface area (Å²) in [6, 6.07) is 14.4. The summed E-state index contributed by atoms with van der Waals surface area (Å²) < 4.78 is 6.62. The highest BCUT2D eigenvalue weighted by atomic mass is 79.9. The van der Waals surface area contributed by atoms with E-state index in [1.807, 2.05) is 17.0 Å². The number of nitrogens with one attached hydrogen (secondary N) is 1. The third kappa shape index (κ3) is 4.43. The Bertz CT molecular complexity index is 786. The van der Waals surface area contributed by atoms with Crippen molar-refractivity contribution in [3.8, 4) is 5.75 Å². The molecule has 2 aromatic rings. The number of para-hydroxylation sites is 1. The van der Waals surface area contributed by atoms with E-state index in [0.29, 0.717) is 17.0 Å². The molecule has 0 aromatic heterocycles. The van der Waals surface area contributed by atoms with Crippen LogP contribution in [0.25, 0.3) is 0 Å². The fourth-order valence-electron chi connectivity index (χ4n) is 2.87. The molecule has 2 amide bonds. The maximum absolute atomic E-state index is 12.7. The zero-order chi connectivity index (χ0) is 18.5. The number of ether oxygens (including phenoxy) is 1. The molecule has 1 saturated heterocycles. The highest BCUT2D eigenvalue weighted by Crippen LogP contribution is 2.21. The molecule has 2 aromatic carbocycles. The third-order valence-electron chi connectivity index (χ3n) is 4.30. The number of amides is 2. The Kier molecular flexibility index (Phi) is 5.93. The van der Waals surface area contributed by atoms with E-state index < -0.39 is 6.10 Å². The van der Waals surface area contributed by atoms with E-state index in [9.17, 15) is 9.59 Å². The van der Waals surface area contributed by atoms with Gasteiger partial charge in [0, 0.05) is 17.6 Å². The van der Waals surface area contributed by atoms with Crippen LogP contribution < -0.4 is 10.1 Å². The number of carbonyl (C=O) groups excluding carboxylic acids is 2. The Hall–Kier alpha value is -2.34. The first-order valence-electron chi connectivity index (χ1n) is 8.66. The van der Waals surface area contributed by atoms with Gasteiger partial charge in [-0.25, -0.2) is 0 Å². The zero-order valence-electron chi connectivity index (χ0n) is 14.6. The lowest BCUT2D eigenvalue weighted by Gasteiger charge is -2.19. The van der Waals surface area contributed by atoms with Crippen molar-refractivity contribution in [3.05, 3.63) is 58.6 Å². The second-order valence-corrected chi connectivity index (χ2v) is 7.16. The first-order valence-corrected chi connectivity index (χ1v) is 9.45. The molecule has 1 atom stereocenters. The molecule has 3 rings (SSSR count). The van der Waals surface area contributed by atoms with Crippen LogP contribution in [0.15, 0.2) is 53.0 Å². The predicted octanol–water partition coefficient (Wildman–Crippen LogP) is 4.09. The normalized spacial score (nSPS) is 14.8. The minimum absolute atomic E-state index is 0.0418. The fraction of sp³-hybridized carbons (Fsp3) is 0.300. The van der Waals surface area contributed by atoms with Crippen LogP contribution in [0.2, 0.25) is 0 Å². The van der Waals surface area contributed by atoms with Gasteiger partial charge in [-0.1, -0.05) is 28.1 Å². The summed E-state index contributed by atoms with van der Waals surface area (Å²) in [7, 11) is 0. The van der Waals surface area contributed by atoms with Crippen LogP contribution in [0.1, 0.15) is 30.1 Å². The monoisotopic (exact) mass is 416 g/mol. The van der Waals surface area contributed by atoms with Gasteiger partial charge in [0.1, 0.15) is 5.75 Å². The molecule has 0 bridgehead atoms. The van der Waals surface area contributed by atoms with Crippen molar-refractivity contribution in [1.29, 1.82) is 0 Å². The molecule has 1 heterocycles. The number of nitrogens with zero attached hydrogens (tertiary/aromatic N) is 1. The average molecular weight is 417 g/mol. The molecular weight excluding hydrogens is 396 g/mol. The molecule has 0 aliphatic carbocycles. The van der Waals surface area contributed by atoms with E-state index in [1.165, 1.54) is 0 Å². The third-order valence-corrected chi connectivity index (χ3v) is 4.83. The van der Waals surface area contributed by atoms with Gasteiger partial charge in [0.25, 0.3) is 11.8 Å². The molecule has 1 aliphatic rings. The van der Waals surface area contributed by atoms with Crippen molar-refractivity contribution >= 4 is 33.4 Å². The highest BCUT2D eigenvalue weighted by Gasteiger charge is 2.23. The van der Waals surface area contributed by atoms with Gasteiger partial charge in [-0.2, -0.15) is 0 Å². The maximum Gasteiger partial charge on any atom is 0.265 e. The molecule has 0 spiro atoms. The molecule has 1 N–H and O–H groups in total. The summed E-state index contributed by atoms with van der Waals surface area (Å²) in [4.78, 5) is 27.0. The second kappa shape index (κ2) is 8.36. The summed E-state index contributed by atoms with van der Waals surface area (Å²) >= 11 is 3.36.